The van der Waals surface area contributed by atoms with Crippen LogP contribution in [0.25, 0.3) is 0 Å². The van der Waals surface area contributed by atoms with Gasteiger partial charge in [-0.05, 0) is 89.9 Å². The molecular formula is C52H78O6. The molecule has 6 heteroatoms. The van der Waals surface area contributed by atoms with Crippen LogP contribution < -0.4 is 0 Å². The lowest BCUT2D eigenvalue weighted by Gasteiger charge is -2.18. The minimum Gasteiger partial charge on any atom is -0.462 e. The molecule has 0 heterocycles. The Labute approximate surface area is 354 Å². The highest BCUT2D eigenvalue weighted by Gasteiger charge is 2.19. The summed E-state index contributed by atoms with van der Waals surface area (Å²) in [6.45, 7) is 6.16. The molecule has 0 rings (SSSR count). The minimum absolute atomic E-state index is 0.136. The first-order chi connectivity index (χ1) is 28.5. The second kappa shape index (κ2) is 45.3. The first-order valence-corrected chi connectivity index (χ1v) is 22.3. The van der Waals surface area contributed by atoms with Crippen LogP contribution >= 0.6 is 0 Å². The Balaban J connectivity index is 4.62. The Morgan fingerprint density at radius 2 is 0.776 bits per heavy atom. The van der Waals surface area contributed by atoms with Crippen LogP contribution in [0, 0.1) is 0 Å². The van der Waals surface area contributed by atoms with E-state index in [0.29, 0.717) is 25.7 Å². The first kappa shape index (κ1) is 53.5. The average molecular weight is 799 g/mol. The van der Waals surface area contributed by atoms with Gasteiger partial charge in [0.25, 0.3) is 0 Å². The largest absolute Gasteiger partial charge is 0.462 e. The zero-order valence-electron chi connectivity index (χ0n) is 36.5. The van der Waals surface area contributed by atoms with Crippen molar-refractivity contribution in [3.05, 3.63) is 134 Å². The maximum Gasteiger partial charge on any atom is 0.306 e. The van der Waals surface area contributed by atoms with Gasteiger partial charge in [-0.2, -0.15) is 0 Å². The number of carbonyl (C=O) groups excluding carboxylic acids is 3. The number of unbranched alkanes of at least 4 members (excludes halogenated alkanes) is 8. The van der Waals surface area contributed by atoms with E-state index in [1.54, 1.807) is 0 Å². The normalized spacial score (nSPS) is 13.4. The maximum absolute atomic E-state index is 12.7. The van der Waals surface area contributed by atoms with Crippen LogP contribution in [0.15, 0.2) is 134 Å². The van der Waals surface area contributed by atoms with E-state index in [-0.39, 0.29) is 38.0 Å². The number of allylic oxidation sites excluding steroid dienone is 22. The van der Waals surface area contributed by atoms with E-state index in [1.807, 2.05) is 54.7 Å². The average Bonchev–Trinajstić information content (AvgIpc) is 3.22. The Hall–Kier alpha value is -4.45. The molecule has 0 saturated heterocycles. The predicted molar refractivity (Wildman–Crippen MR) is 246 cm³/mol. The number of hydrogen-bond donors (Lipinski definition) is 0. The van der Waals surface area contributed by atoms with Crippen LogP contribution in [0.2, 0.25) is 0 Å². The topological polar surface area (TPSA) is 78.9 Å². The number of esters is 3. The van der Waals surface area contributed by atoms with Gasteiger partial charge >= 0.3 is 17.9 Å². The van der Waals surface area contributed by atoms with Gasteiger partial charge in [-0.1, -0.05) is 180 Å². The number of carbonyl (C=O) groups is 3. The van der Waals surface area contributed by atoms with Crippen molar-refractivity contribution >= 4 is 17.9 Å². The molecule has 0 aromatic carbocycles. The first-order valence-electron chi connectivity index (χ1n) is 22.3. The highest BCUT2D eigenvalue weighted by atomic mass is 16.6. The lowest BCUT2D eigenvalue weighted by Crippen LogP contribution is -2.30. The molecule has 1 atom stereocenters. The molecule has 0 spiro atoms. The van der Waals surface area contributed by atoms with Crippen molar-refractivity contribution in [2.75, 3.05) is 13.2 Å². The summed E-state index contributed by atoms with van der Waals surface area (Å²) < 4.78 is 16.5. The van der Waals surface area contributed by atoms with Crippen molar-refractivity contribution in [2.24, 2.45) is 0 Å². The maximum atomic E-state index is 12.7. The van der Waals surface area contributed by atoms with E-state index < -0.39 is 12.1 Å². The second-order valence-corrected chi connectivity index (χ2v) is 14.0. The van der Waals surface area contributed by atoms with Crippen LogP contribution in [0.4, 0.5) is 0 Å². The highest BCUT2D eigenvalue weighted by Crippen LogP contribution is 2.10. The Kier molecular flexibility index (Phi) is 41.8. The third-order valence-electron chi connectivity index (χ3n) is 8.50. The molecule has 0 aromatic rings. The molecule has 0 aliphatic carbocycles. The zero-order valence-corrected chi connectivity index (χ0v) is 36.5. The highest BCUT2D eigenvalue weighted by molar-refractivity contribution is 5.71. The third-order valence-corrected chi connectivity index (χ3v) is 8.50. The van der Waals surface area contributed by atoms with Crippen molar-refractivity contribution in [1.29, 1.82) is 0 Å². The summed E-state index contributed by atoms with van der Waals surface area (Å²) in [5.41, 5.74) is 0. The standard InChI is InChI=1S/C52H78O6/c1-4-7-10-13-16-19-22-24-25-26-27-29-30-33-36-39-42-45-51(54)57-48-49(47-56-50(53)44-41-38-35-32-21-18-15-12-9-6-3)58-52(55)46-43-40-37-34-31-28-23-20-17-14-11-8-5-2/h7-8,10-11,14-20,23-25,27-29,31,33-34,36-37,49H,4-6,9,12-13,21-22,26,30,32,35,38-48H2,1-3H3/b10-7-,11-8-,17-14-,18-15-,19-16-,23-20-,25-24-,29-27-,31-28-,36-33-,37-34-. The molecule has 322 valence electrons. The summed E-state index contributed by atoms with van der Waals surface area (Å²) in [6, 6.07) is 0. The molecule has 0 aromatic heterocycles. The molecule has 6 nitrogen and oxygen atoms in total. The summed E-state index contributed by atoms with van der Waals surface area (Å²) in [7, 11) is 0. The Bertz CT molecular complexity index is 1330. The quantitative estimate of drug-likeness (QED) is 0.0205. The molecule has 0 fully saturated rings. The van der Waals surface area contributed by atoms with Gasteiger partial charge in [0.05, 0.1) is 0 Å². The predicted octanol–water partition coefficient (Wildman–Crippen LogP) is 14.4. The summed E-state index contributed by atoms with van der Waals surface area (Å²) in [4.78, 5) is 37.7. The van der Waals surface area contributed by atoms with Gasteiger partial charge in [0, 0.05) is 19.3 Å². The van der Waals surface area contributed by atoms with Gasteiger partial charge in [0.2, 0.25) is 0 Å². The van der Waals surface area contributed by atoms with E-state index >= 15 is 0 Å². The van der Waals surface area contributed by atoms with Crippen LogP contribution in [-0.2, 0) is 28.6 Å². The molecule has 0 aliphatic rings. The number of rotatable bonds is 37. The summed E-state index contributed by atoms with van der Waals surface area (Å²) >= 11 is 0. The fourth-order valence-corrected chi connectivity index (χ4v) is 5.19. The number of ether oxygens (including phenoxy) is 3. The van der Waals surface area contributed by atoms with Gasteiger partial charge in [0.15, 0.2) is 6.10 Å². The van der Waals surface area contributed by atoms with E-state index in [9.17, 15) is 14.4 Å². The van der Waals surface area contributed by atoms with Crippen LogP contribution in [0.5, 0.6) is 0 Å². The van der Waals surface area contributed by atoms with Gasteiger partial charge < -0.3 is 14.2 Å². The van der Waals surface area contributed by atoms with E-state index in [1.165, 1.54) is 12.8 Å². The van der Waals surface area contributed by atoms with E-state index in [0.717, 1.165) is 83.5 Å². The molecule has 0 saturated carbocycles. The summed E-state index contributed by atoms with van der Waals surface area (Å²) in [5.74, 6) is -1.10. The molecule has 0 radical (unpaired) electrons. The van der Waals surface area contributed by atoms with Gasteiger partial charge in [-0.25, -0.2) is 0 Å². The van der Waals surface area contributed by atoms with Crippen molar-refractivity contribution in [3.63, 3.8) is 0 Å². The van der Waals surface area contributed by atoms with Crippen molar-refractivity contribution in [1.82, 2.24) is 0 Å². The van der Waals surface area contributed by atoms with Gasteiger partial charge in [-0.3, -0.25) is 14.4 Å². The van der Waals surface area contributed by atoms with E-state index in [2.05, 4.69) is 99.8 Å². The lowest BCUT2D eigenvalue weighted by molar-refractivity contribution is -0.167. The van der Waals surface area contributed by atoms with Crippen LogP contribution in [0.1, 0.15) is 156 Å². The van der Waals surface area contributed by atoms with E-state index in [4.69, 9.17) is 14.2 Å². The van der Waals surface area contributed by atoms with Crippen molar-refractivity contribution in [3.8, 4) is 0 Å². The second-order valence-electron chi connectivity index (χ2n) is 14.0. The summed E-state index contributed by atoms with van der Waals surface area (Å²) in [6.07, 6.45) is 63.1. The fourth-order valence-electron chi connectivity index (χ4n) is 5.19. The zero-order chi connectivity index (χ0) is 42.3. The van der Waals surface area contributed by atoms with Crippen molar-refractivity contribution < 1.29 is 28.6 Å². The minimum atomic E-state index is -0.845. The molecule has 0 amide bonds. The number of hydrogen-bond acceptors (Lipinski definition) is 6. The monoisotopic (exact) mass is 799 g/mol. The summed E-state index contributed by atoms with van der Waals surface area (Å²) in [5, 5.41) is 0. The molecule has 1 unspecified atom stereocenters. The van der Waals surface area contributed by atoms with Crippen LogP contribution in [0.3, 0.4) is 0 Å². The molecule has 0 N–H and O–H groups in total. The lowest BCUT2D eigenvalue weighted by atomic mass is 10.1. The van der Waals surface area contributed by atoms with Crippen molar-refractivity contribution in [2.45, 2.75) is 162 Å². The molecule has 0 bridgehead atoms. The molecule has 0 aliphatic heterocycles. The SMILES string of the molecule is CC\C=C/C=C\C=C/C=C\C=C/CCCC(=O)OC(COC(=O)CCC/C=C\C/C=C\C/C=C\C/C=C\C/C=C\CC)COC(=O)CCCCCC/C=C\CCCC. The molecular weight excluding hydrogens is 721 g/mol. The molecule has 58 heavy (non-hydrogen) atoms. The smallest absolute Gasteiger partial charge is 0.306 e. The Morgan fingerprint density at radius 1 is 0.379 bits per heavy atom. The fraction of sp³-hybridized carbons (Fsp3) is 0.519. The van der Waals surface area contributed by atoms with Crippen LogP contribution in [-0.4, -0.2) is 37.2 Å². The van der Waals surface area contributed by atoms with Gasteiger partial charge in [-0.15, -0.1) is 0 Å². The Morgan fingerprint density at radius 3 is 1.33 bits per heavy atom. The third kappa shape index (κ3) is 42.7. The van der Waals surface area contributed by atoms with Gasteiger partial charge in [0.1, 0.15) is 13.2 Å².